The van der Waals surface area contributed by atoms with Crippen molar-refractivity contribution in [3.05, 3.63) is 29.6 Å². The van der Waals surface area contributed by atoms with E-state index in [1.807, 2.05) is 11.2 Å². The number of ether oxygens (including phenoxy) is 1. The van der Waals surface area contributed by atoms with E-state index in [0.29, 0.717) is 31.8 Å². The van der Waals surface area contributed by atoms with Gasteiger partial charge >= 0.3 is 0 Å². The Morgan fingerprint density at radius 1 is 1.31 bits per heavy atom. The molecule has 0 aliphatic carbocycles. The Bertz CT molecular complexity index is 561. The molecule has 5 nitrogen and oxygen atoms in total. The molecule has 150 valence electrons. The molecule has 2 N–H and O–H groups in total. The van der Waals surface area contributed by atoms with Gasteiger partial charge in [0.05, 0.1) is 13.2 Å². The molecule has 1 aromatic carbocycles. The summed E-state index contributed by atoms with van der Waals surface area (Å²) in [6.07, 6.45) is 2.72. The Hall–Kier alpha value is -0.730. The molecule has 1 aromatic rings. The van der Waals surface area contributed by atoms with E-state index in [1.165, 1.54) is 12.1 Å². The number of amides is 1. The second-order valence-electron chi connectivity index (χ2n) is 5.95. The molecule has 2 rings (SSSR count). The van der Waals surface area contributed by atoms with E-state index in [1.54, 1.807) is 24.9 Å². The van der Waals surface area contributed by atoms with Crippen LogP contribution in [0.2, 0.25) is 0 Å². The highest BCUT2D eigenvalue weighted by molar-refractivity contribution is 7.98. The van der Waals surface area contributed by atoms with Gasteiger partial charge in [-0.1, -0.05) is 0 Å². The molecule has 0 saturated carbocycles. The molecular weight excluding hydrogens is 400 g/mol. The van der Waals surface area contributed by atoms with Crippen LogP contribution in [-0.2, 0) is 11.3 Å². The molecule has 1 amide bonds. The number of carbonyl (C=O) groups is 1. The first-order valence-electron chi connectivity index (χ1n) is 8.13. The minimum Gasteiger partial charge on any atom is -0.496 e. The summed E-state index contributed by atoms with van der Waals surface area (Å²) in [4.78, 5) is 16.4. The molecule has 0 unspecified atom stereocenters. The van der Waals surface area contributed by atoms with Gasteiger partial charge < -0.3 is 15.4 Å². The summed E-state index contributed by atoms with van der Waals surface area (Å²) < 4.78 is 18.7. The number of nitrogens with two attached hydrogens (primary N) is 1. The monoisotopic (exact) mass is 427 g/mol. The normalized spacial score (nSPS) is 15.6. The predicted octanol–water partition coefficient (Wildman–Crippen LogP) is 2.40. The third-order valence-electron chi connectivity index (χ3n) is 4.27. The van der Waals surface area contributed by atoms with Crippen molar-refractivity contribution in [1.29, 1.82) is 0 Å². The van der Waals surface area contributed by atoms with Crippen LogP contribution in [0.5, 0.6) is 5.75 Å². The van der Waals surface area contributed by atoms with Crippen molar-refractivity contribution in [3.8, 4) is 5.75 Å². The summed E-state index contributed by atoms with van der Waals surface area (Å²) in [7, 11) is 1.59. The standard InChI is InChI=1S/C17H26FN3O2S.2ClH/c1-23-16-4-3-14(18)11-13(16)12-20-6-8-21(9-7-20)17(22)15(19)5-10-24-2;;/h3-4,11,15H,5-10,12,19H2,1-2H3;2*1H/t15-;;/m0../s1. The average molecular weight is 428 g/mol. The number of methoxy groups -OCH3 is 1. The number of nitrogens with zero attached hydrogens (tertiary/aromatic N) is 2. The van der Waals surface area contributed by atoms with E-state index in [-0.39, 0.29) is 36.5 Å². The minimum absolute atomic E-state index is 0. The van der Waals surface area contributed by atoms with E-state index in [9.17, 15) is 9.18 Å². The molecule has 0 radical (unpaired) electrons. The van der Waals surface area contributed by atoms with Crippen LogP contribution in [0, 0.1) is 5.82 Å². The topological polar surface area (TPSA) is 58.8 Å². The van der Waals surface area contributed by atoms with Crippen molar-refractivity contribution in [3.63, 3.8) is 0 Å². The van der Waals surface area contributed by atoms with Crippen molar-refractivity contribution in [2.24, 2.45) is 5.73 Å². The van der Waals surface area contributed by atoms with E-state index >= 15 is 0 Å². The molecule has 1 atom stereocenters. The number of halogens is 3. The predicted molar refractivity (Wildman–Crippen MR) is 110 cm³/mol. The zero-order chi connectivity index (χ0) is 17.5. The fourth-order valence-corrected chi connectivity index (χ4v) is 3.33. The molecule has 0 bridgehead atoms. The number of piperazine rings is 1. The lowest BCUT2D eigenvalue weighted by Gasteiger charge is -2.36. The molecule has 9 heteroatoms. The van der Waals surface area contributed by atoms with Gasteiger partial charge in [0.15, 0.2) is 0 Å². The summed E-state index contributed by atoms with van der Waals surface area (Å²) in [6, 6.07) is 4.14. The quantitative estimate of drug-likeness (QED) is 0.723. The molecule has 26 heavy (non-hydrogen) atoms. The van der Waals surface area contributed by atoms with Gasteiger partial charge in [-0.15, -0.1) is 24.8 Å². The SMILES string of the molecule is COc1ccc(F)cc1CN1CCN(C(=O)[C@@H](N)CCSC)CC1.Cl.Cl. The lowest BCUT2D eigenvalue weighted by atomic mass is 10.1. The Kier molecular flexibility index (Phi) is 12.3. The number of hydrogen-bond donors (Lipinski definition) is 1. The zero-order valence-electron chi connectivity index (χ0n) is 15.2. The summed E-state index contributed by atoms with van der Waals surface area (Å²) in [5, 5.41) is 0. The maximum atomic E-state index is 13.5. The Balaban J connectivity index is 0.00000312. The molecule has 0 spiro atoms. The van der Waals surface area contributed by atoms with Crippen molar-refractivity contribution >= 4 is 42.5 Å². The fourth-order valence-electron chi connectivity index (χ4n) is 2.84. The number of thioether (sulfide) groups is 1. The molecule has 1 saturated heterocycles. The zero-order valence-corrected chi connectivity index (χ0v) is 17.6. The van der Waals surface area contributed by atoms with Crippen LogP contribution >= 0.6 is 36.6 Å². The number of hydrogen-bond acceptors (Lipinski definition) is 5. The van der Waals surface area contributed by atoms with Crippen LogP contribution in [-0.4, -0.2) is 67.0 Å². The van der Waals surface area contributed by atoms with E-state index < -0.39 is 6.04 Å². The van der Waals surface area contributed by atoms with Gasteiger partial charge in [0.25, 0.3) is 0 Å². The average Bonchev–Trinajstić information content (AvgIpc) is 2.60. The van der Waals surface area contributed by atoms with Crippen molar-refractivity contribution < 1.29 is 13.9 Å². The molecule has 1 aliphatic rings. The first-order valence-corrected chi connectivity index (χ1v) is 9.52. The smallest absolute Gasteiger partial charge is 0.239 e. The number of carbonyl (C=O) groups excluding carboxylic acids is 1. The Morgan fingerprint density at radius 2 is 1.96 bits per heavy atom. The van der Waals surface area contributed by atoms with E-state index in [4.69, 9.17) is 10.5 Å². The van der Waals surface area contributed by atoms with Crippen LogP contribution in [0.15, 0.2) is 18.2 Å². The second kappa shape index (κ2) is 12.6. The highest BCUT2D eigenvalue weighted by Gasteiger charge is 2.25. The fraction of sp³-hybridized carbons (Fsp3) is 0.588. The number of rotatable bonds is 7. The van der Waals surface area contributed by atoms with Crippen LogP contribution in [0.1, 0.15) is 12.0 Å². The van der Waals surface area contributed by atoms with Gasteiger partial charge in [0.1, 0.15) is 11.6 Å². The van der Waals surface area contributed by atoms with Crippen molar-refractivity contribution in [1.82, 2.24) is 9.80 Å². The Labute approximate surface area is 171 Å². The van der Waals surface area contributed by atoms with Crippen LogP contribution in [0.25, 0.3) is 0 Å². The maximum Gasteiger partial charge on any atom is 0.239 e. The van der Waals surface area contributed by atoms with E-state index in [2.05, 4.69) is 4.90 Å². The summed E-state index contributed by atoms with van der Waals surface area (Å²) in [6.45, 7) is 3.43. The molecule has 0 aromatic heterocycles. The van der Waals surface area contributed by atoms with Gasteiger partial charge in [-0.25, -0.2) is 4.39 Å². The summed E-state index contributed by atoms with van der Waals surface area (Å²) in [5.41, 5.74) is 6.80. The molecule has 1 heterocycles. The first kappa shape index (κ1) is 25.3. The largest absolute Gasteiger partial charge is 0.496 e. The summed E-state index contributed by atoms with van der Waals surface area (Å²) >= 11 is 1.70. The van der Waals surface area contributed by atoms with Crippen molar-refractivity contribution in [2.45, 2.75) is 19.0 Å². The highest BCUT2D eigenvalue weighted by atomic mass is 35.5. The molecule has 1 fully saturated rings. The minimum atomic E-state index is -0.410. The van der Waals surface area contributed by atoms with Crippen LogP contribution < -0.4 is 10.5 Å². The molecular formula is C17H28Cl2FN3O2S. The van der Waals surface area contributed by atoms with Crippen LogP contribution in [0.4, 0.5) is 4.39 Å². The van der Waals surface area contributed by atoms with Gasteiger partial charge in [-0.2, -0.15) is 11.8 Å². The van der Waals surface area contributed by atoms with Gasteiger partial charge in [-0.05, 0) is 36.6 Å². The summed E-state index contributed by atoms with van der Waals surface area (Å²) in [5.74, 6) is 1.35. The van der Waals surface area contributed by atoms with Crippen LogP contribution in [0.3, 0.4) is 0 Å². The van der Waals surface area contributed by atoms with E-state index in [0.717, 1.165) is 24.4 Å². The van der Waals surface area contributed by atoms with Gasteiger partial charge in [-0.3, -0.25) is 9.69 Å². The molecule has 1 aliphatic heterocycles. The van der Waals surface area contributed by atoms with Gasteiger partial charge in [0.2, 0.25) is 5.91 Å². The first-order chi connectivity index (χ1) is 11.5. The Morgan fingerprint density at radius 3 is 2.54 bits per heavy atom. The lowest BCUT2D eigenvalue weighted by molar-refractivity contribution is -0.134. The third kappa shape index (κ3) is 7.12. The third-order valence-corrected chi connectivity index (χ3v) is 4.91. The lowest BCUT2D eigenvalue weighted by Crippen LogP contribution is -2.53. The van der Waals surface area contributed by atoms with Gasteiger partial charge in [0, 0.05) is 38.3 Å². The van der Waals surface area contributed by atoms with Crippen molar-refractivity contribution in [2.75, 3.05) is 45.3 Å². The second-order valence-corrected chi connectivity index (χ2v) is 6.93. The maximum absolute atomic E-state index is 13.5. The number of benzene rings is 1. The highest BCUT2D eigenvalue weighted by Crippen LogP contribution is 2.21.